The fourth-order valence-corrected chi connectivity index (χ4v) is 2.45. The normalized spacial score (nSPS) is 24.1. The lowest BCUT2D eigenvalue weighted by molar-refractivity contribution is -0.143. The van der Waals surface area contributed by atoms with Crippen molar-refractivity contribution in [1.29, 1.82) is 0 Å². The molecule has 0 radical (unpaired) electrons. The maximum absolute atomic E-state index is 13.8. The molecule has 104 valence electrons. The highest BCUT2D eigenvalue weighted by Crippen LogP contribution is 2.22. The van der Waals surface area contributed by atoms with Crippen molar-refractivity contribution in [3.05, 3.63) is 35.9 Å². The van der Waals surface area contributed by atoms with E-state index < -0.39 is 6.17 Å². The van der Waals surface area contributed by atoms with E-state index in [0.717, 1.165) is 13.1 Å². The van der Waals surface area contributed by atoms with Crippen LogP contribution in [-0.2, 0) is 16.1 Å². The molecule has 0 spiro atoms. The number of piperidine rings is 1. The summed E-state index contributed by atoms with van der Waals surface area (Å²) >= 11 is 0. The standard InChI is InChI=1S/C15H20FNO2/c1-12(18)19-11-14-10-17(8-7-15(14)16)9-13-5-3-2-4-6-13/h2-6,14-15H,7-11H2,1H3/t14-,15-/m0/s1. The third-order valence-electron chi connectivity index (χ3n) is 3.47. The number of benzene rings is 1. The minimum absolute atomic E-state index is 0.182. The fraction of sp³-hybridized carbons (Fsp3) is 0.533. The highest BCUT2D eigenvalue weighted by atomic mass is 19.1. The molecule has 0 aromatic heterocycles. The number of ether oxygens (including phenoxy) is 1. The SMILES string of the molecule is CC(=O)OC[C@@H]1CN(Cc2ccccc2)CC[C@@H]1F. The van der Waals surface area contributed by atoms with Gasteiger partial charge in [-0.1, -0.05) is 30.3 Å². The van der Waals surface area contributed by atoms with E-state index in [1.165, 1.54) is 12.5 Å². The Balaban J connectivity index is 1.88. The van der Waals surface area contributed by atoms with Gasteiger partial charge in [-0.15, -0.1) is 0 Å². The summed E-state index contributed by atoms with van der Waals surface area (Å²) in [5, 5.41) is 0. The van der Waals surface area contributed by atoms with Gasteiger partial charge in [-0.3, -0.25) is 9.69 Å². The minimum Gasteiger partial charge on any atom is -0.465 e. The van der Waals surface area contributed by atoms with Crippen LogP contribution in [0.3, 0.4) is 0 Å². The first-order valence-corrected chi connectivity index (χ1v) is 6.69. The van der Waals surface area contributed by atoms with E-state index in [4.69, 9.17) is 4.74 Å². The molecule has 0 N–H and O–H groups in total. The van der Waals surface area contributed by atoms with Crippen LogP contribution in [0, 0.1) is 5.92 Å². The maximum atomic E-state index is 13.8. The largest absolute Gasteiger partial charge is 0.465 e. The van der Waals surface area contributed by atoms with Gasteiger partial charge in [0.25, 0.3) is 0 Å². The molecule has 2 atom stereocenters. The Morgan fingerprint density at radius 3 is 2.84 bits per heavy atom. The van der Waals surface area contributed by atoms with Crippen molar-refractivity contribution in [2.24, 2.45) is 5.92 Å². The number of alkyl halides is 1. The minimum atomic E-state index is -0.869. The van der Waals surface area contributed by atoms with Gasteiger partial charge < -0.3 is 4.74 Å². The first-order chi connectivity index (χ1) is 9.15. The Morgan fingerprint density at radius 2 is 2.16 bits per heavy atom. The quantitative estimate of drug-likeness (QED) is 0.783. The van der Waals surface area contributed by atoms with Crippen LogP contribution in [0.4, 0.5) is 4.39 Å². The first kappa shape index (κ1) is 14.0. The van der Waals surface area contributed by atoms with Gasteiger partial charge in [0.05, 0.1) is 6.61 Å². The van der Waals surface area contributed by atoms with E-state index in [1.54, 1.807) is 0 Å². The van der Waals surface area contributed by atoms with Crippen molar-refractivity contribution in [2.45, 2.75) is 26.1 Å². The van der Waals surface area contributed by atoms with Gasteiger partial charge in [-0.25, -0.2) is 4.39 Å². The van der Waals surface area contributed by atoms with Crippen LogP contribution in [0.5, 0.6) is 0 Å². The second-order valence-electron chi connectivity index (χ2n) is 5.09. The number of rotatable bonds is 4. The van der Waals surface area contributed by atoms with Gasteiger partial charge in [0, 0.05) is 32.5 Å². The van der Waals surface area contributed by atoms with Crippen molar-refractivity contribution < 1.29 is 13.9 Å². The number of nitrogens with zero attached hydrogens (tertiary/aromatic N) is 1. The molecule has 1 aromatic carbocycles. The van der Waals surface area contributed by atoms with E-state index in [0.29, 0.717) is 13.0 Å². The summed E-state index contributed by atoms with van der Waals surface area (Å²) in [5.41, 5.74) is 1.23. The summed E-state index contributed by atoms with van der Waals surface area (Å²) in [6, 6.07) is 10.1. The molecule has 3 nitrogen and oxygen atoms in total. The highest BCUT2D eigenvalue weighted by molar-refractivity contribution is 5.65. The van der Waals surface area contributed by atoms with E-state index in [1.807, 2.05) is 18.2 Å². The lowest BCUT2D eigenvalue weighted by Gasteiger charge is -2.34. The van der Waals surface area contributed by atoms with Crippen LogP contribution < -0.4 is 0 Å². The van der Waals surface area contributed by atoms with Crippen LogP contribution in [0.15, 0.2) is 30.3 Å². The number of likely N-dealkylation sites (tertiary alicyclic amines) is 1. The van der Waals surface area contributed by atoms with Crippen LogP contribution in [0.25, 0.3) is 0 Å². The van der Waals surface area contributed by atoms with Gasteiger partial charge >= 0.3 is 5.97 Å². The summed E-state index contributed by atoms with van der Waals surface area (Å²) in [4.78, 5) is 13.0. The molecule has 1 saturated heterocycles. The predicted octanol–water partition coefficient (Wildman–Crippen LogP) is 2.41. The molecular formula is C15H20FNO2. The summed E-state index contributed by atoms with van der Waals surface area (Å²) < 4.78 is 18.7. The zero-order chi connectivity index (χ0) is 13.7. The Hall–Kier alpha value is -1.42. The van der Waals surface area contributed by atoms with Gasteiger partial charge in [0.15, 0.2) is 0 Å². The first-order valence-electron chi connectivity index (χ1n) is 6.69. The zero-order valence-electron chi connectivity index (χ0n) is 11.2. The van der Waals surface area contributed by atoms with E-state index in [-0.39, 0.29) is 18.5 Å². The maximum Gasteiger partial charge on any atom is 0.302 e. The molecule has 1 aliphatic rings. The Kier molecular flexibility index (Phi) is 4.91. The van der Waals surface area contributed by atoms with Crippen LogP contribution >= 0.6 is 0 Å². The number of hydrogen-bond acceptors (Lipinski definition) is 3. The van der Waals surface area contributed by atoms with E-state index in [2.05, 4.69) is 17.0 Å². The van der Waals surface area contributed by atoms with Crippen molar-refractivity contribution >= 4 is 5.97 Å². The number of esters is 1. The fourth-order valence-electron chi connectivity index (χ4n) is 2.45. The molecule has 19 heavy (non-hydrogen) atoms. The second-order valence-corrected chi connectivity index (χ2v) is 5.09. The van der Waals surface area contributed by atoms with Crippen molar-refractivity contribution in [3.63, 3.8) is 0 Å². The molecule has 2 rings (SSSR count). The zero-order valence-corrected chi connectivity index (χ0v) is 11.2. The number of hydrogen-bond donors (Lipinski definition) is 0. The van der Waals surface area contributed by atoms with E-state index in [9.17, 15) is 9.18 Å². The molecule has 1 fully saturated rings. The molecule has 1 heterocycles. The van der Waals surface area contributed by atoms with Crippen molar-refractivity contribution in [1.82, 2.24) is 4.90 Å². The molecule has 4 heteroatoms. The average molecular weight is 265 g/mol. The number of carbonyl (C=O) groups excluding carboxylic acids is 1. The molecule has 0 bridgehead atoms. The molecule has 1 aliphatic heterocycles. The Labute approximate surface area is 113 Å². The average Bonchev–Trinajstić information content (AvgIpc) is 2.40. The molecule has 0 saturated carbocycles. The Morgan fingerprint density at radius 1 is 1.42 bits per heavy atom. The van der Waals surface area contributed by atoms with Crippen LogP contribution in [0.2, 0.25) is 0 Å². The number of carbonyl (C=O) groups is 1. The predicted molar refractivity (Wildman–Crippen MR) is 71.4 cm³/mol. The molecule has 0 aliphatic carbocycles. The van der Waals surface area contributed by atoms with Crippen LogP contribution in [-0.4, -0.2) is 36.7 Å². The molecule has 1 aromatic rings. The lowest BCUT2D eigenvalue weighted by atomic mass is 9.96. The third-order valence-corrected chi connectivity index (χ3v) is 3.47. The van der Waals surface area contributed by atoms with Gasteiger partial charge in [-0.05, 0) is 12.0 Å². The molecule has 0 unspecified atom stereocenters. The lowest BCUT2D eigenvalue weighted by Crippen LogP contribution is -2.43. The van der Waals surface area contributed by atoms with E-state index >= 15 is 0 Å². The monoisotopic (exact) mass is 265 g/mol. The summed E-state index contributed by atoms with van der Waals surface area (Å²) in [5.74, 6) is -0.547. The summed E-state index contributed by atoms with van der Waals surface area (Å²) in [7, 11) is 0. The second kappa shape index (κ2) is 6.66. The summed E-state index contributed by atoms with van der Waals surface area (Å²) in [6.07, 6.45) is -0.356. The van der Waals surface area contributed by atoms with Crippen molar-refractivity contribution in [3.8, 4) is 0 Å². The molecule has 0 amide bonds. The van der Waals surface area contributed by atoms with Gasteiger partial charge in [-0.2, -0.15) is 0 Å². The van der Waals surface area contributed by atoms with Crippen LogP contribution in [0.1, 0.15) is 18.9 Å². The van der Waals surface area contributed by atoms with Gasteiger partial charge in [0.2, 0.25) is 0 Å². The topological polar surface area (TPSA) is 29.5 Å². The smallest absolute Gasteiger partial charge is 0.302 e. The highest BCUT2D eigenvalue weighted by Gasteiger charge is 2.29. The molecular weight excluding hydrogens is 245 g/mol. The van der Waals surface area contributed by atoms with Gasteiger partial charge in [0.1, 0.15) is 6.17 Å². The number of halogens is 1. The van der Waals surface area contributed by atoms with Crippen molar-refractivity contribution in [2.75, 3.05) is 19.7 Å². The summed E-state index contributed by atoms with van der Waals surface area (Å²) in [6.45, 7) is 3.76. The Bertz CT molecular complexity index is 410. The third kappa shape index (κ3) is 4.31.